The zero-order chi connectivity index (χ0) is 15.5. The minimum absolute atomic E-state index is 0.0271. The summed E-state index contributed by atoms with van der Waals surface area (Å²) in [7, 11) is -1.92. The fourth-order valence-electron chi connectivity index (χ4n) is 1.89. The number of hydrogen-bond donors (Lipinski definition) is 2. The van der Waals surface area contributed by atoms with Gasteiger partial charge in [0, 0.05) is 31.9 Å². The fourth-order valence-corrected chi connectivity index (χ4v) is 3.47. The lowest BCUT2D eigenvalue weighted by Gasteiger charge is -2.09. The first-order chi connectivity index (χ1) is 9.94. The predicted octanol–water partition coefficient (Wildman–Crippen LogP) is 1.09. The van der Waals surface area contributed by atoms with Crippen LogP contribution in [0.1, 0.15) is 11.3 Å². The lowest BCUT2D eigenvalue weighted by molar-refractivity contribution is 0.281. The third-order valence-electron chi connectivity index (χ3n) is 3.06. The third-order valence-corrected chi connectivity index (χ3v) is 5.01. The molecule has 0 bridgehead atoms. The van der Waals surface area contributed by atoms with Gasteiger partial charge in [-0.15, -0.1) is 0 Å². The van der Waals surface area contributed by atoms with Crippen LogP contribution in [0.4, 0.5) is 0 Å². The van der Waals surface area contributed by atoms with Crippen LogP contribution in [0.2, 0.25) is 5.02 Å². The van der Waals surface area contributed by atoms with E-state index in [0.717, 1.165) is 5.69 Å². The summed E-state index contributed by atoms with van der Waals surface area (Å²) in [6.07, 6.45) is 2.18. The van der Waals surface area contributed by atoms with Crippen LogP contribution in [0, 0.1) is 0 Å². The van der Waals surface area contributed by atoms with Crippen LogP contribution in [-0.4, -0.2) is 29.8 Å². The maximum Gasteiger partial charge on any atom is 0.242 e. The van der Waals surface area contributed by atoms with E-state index in [1.807, 2.05) is 6.07 Å². The number of nitrogens with zero attached hydrogens (tertiary/aromatic N) is 2. The van der Waals surface area contributed by atoms with Crippen LogP contribution < -0.4 is 4.72 Å². The van der Waals surface area contributed by atoms with Crippen molar-refractivity contribution in [1.29, 1.82) is 0 Å². The van der Waals surface area contributed by atoms with E-state index in [-0.39, 0.29) is 23.1 Å². The number of rotatable bonds is 6. The van der Waals surface area contributed by atoms with E-state index in [0.29, 0.717) is 12.0 Å². The molecule has 8 heteroatoms. The van der Waals surface area contributed by atoms with Crippen molar-refractivity contribution in [2.45, 2.75) is 17.9 Å². The third kappa shape index (κ3) is 3.82. The second-order valence-corrected chi connectivity index (χ2v) is 6.66. The van der Waals surface area contributed by atoms with E-state index in [4.69, 9.17) is 16.7 Å². The number of aliphatic hydroxyl groups is 1. The highest BCUT2D eigenvalue weighted by atomic mass is 35.5. The molecule has 0 unspecified atom stereocenters. The molecule has 0 aliphatic carbocycles. The van der Waals surface area contributed by atoms with E-state index in [9.17, 15) is 8.42 Å². The van der Waals surface area contributed by atoms with Crippen LogP contribution in [0.25, 0.3) is 0 Å². The Labute approximate surface area is 128 Å². The van der Waals surface area contributed by atoms with E-state index in [2.05, 4.69) is 9.82 Å². The lowest BCUT2D eigenvalue weighted by atomic mass is 10.2. The monoisotopic (exact) mass is 329 g/mol. The highest BCUT2D eigenvalue weighted by molar-refractivity contribution is 7.89. The molecule has 0 saturated carbocycles. The zero-order valence-electron chi connectivity index (χ0n) is 11.5. The van der Waals surface area contributed by atoms with Crippen molar-refractivity contribution in [2.24, 2.45) is 7.05 Å². The summed E-state index contributed by atoms with van der Waals surface area (Å²) in [6, 6.07) is 6.24. The van der Waals surface area contributed by atoms with Crippen molar-refractivity contribution in [3.63, 3.8) is 0 Å². The van der Waals surface area contributed by atoms with E-state index < -0.39 is 10.0 Å². The molecule has 0 atom stereocenters. The molecule has 2 rings (SSSR count). The Hall–Kier alpha value is -1.41. The molecule has 1 heterocycles. The summed E-state index contributed by atoms with van der Waals surface area (Å²) in [5.74, 6) is 0. The molecular weight excluding hydrogens is 314 g/mol. The number of sulfonamides is 1. The molecule has 0 aliphatic rings. The topological polar surface area (TPSA) is 84.2 Å². The Kier molecular flexibility index (Phi) is 5.00. The van der Waals surface area contributed by atoms with E-state index in [1.54, 1.807) is 24.0 Å². The molecule has 1 aromatic carbocycles. The number of hydrogen-bond acceptors (Lipinski definition) is 4. The molecule has 114 valence electrons. The minimum atomic E-state index is -3.71. The molecule has 0 fully saturated rings. The highest BCUT2D eigenvalue weighted by Gasteiger charge is 2.18. The van der Waals surface area contributed by atoms with Crippen molar-refractivity contribution >= 4 is 21.6 Å². The van der Waals surface area contributed by atoms with Gasteiger partial charge in [-0.2, -0.15) is 5.10 Å². The summed E-state index contributed by atoms with van der Waals surface area (Å²) in [5, 5.41) is 13.2. The quantitative estimate of drug-likeness (QED) is 0.830. The van der Waals surface area contributed by atoms with Crippen molar-refractivity contribution < 1.29 is 13.5 Å². The first-order valence-electron chi connectivity index (χ1n) is 6.30. The molecular formula is C13H16ClN3O3S. The molecule has 0 aliphatic heterocycles. The Morgan fingerprint density at radius 3 is 2.76 bits per heavy atom. The van der Waals surface area contributed by atoms with Gasteiger partial charge in [0.25, 0.3) is 0 Å². The van der Waals surface area contributed by atoms with Gasteiger partial charge in [-0.3, -0.25) is 4.68 Å². The standard InChI is InChI=1S/C13H16ClN3O3S/c1-17-11(4-6-15-17)5-7-16-21(19,20)13-8-10(9-18)2-3-12(13)14/h2-4,6,8,16,18H,5,7,9H2,1H3. The highest BCUT2D eigenvalue weighted by Crippen LogP contribution is 2.22. The number of nitrogens with one attached hydrogen (secondary N) is 1. The first-order valence-corrected chi connectivity index (χ1v) is 8.16. The normalized spacial score (nSPS) is 11.8. The molecule has 2 aromatic rings. The van der Waals surface area contributed by atoms with E-state index >= 15 is 0 Å². The Morgan fingerprint density at radius 2 is 2.14 bits per heavy atom. The number of halogens is 1. The van der Waals surface area contributed by atoms with Gasteiger partial charge in [0.15, 0.2) is 0 Å². The number of benzene rings is 1. The van der Waals surface area contributed by atoms with Gasteiger partial charge in [-0.05, 0) is 23.8 Å². The summed E-state index contributed by atoms with van der Waals surface area (Å²) in [4.78, 5) is -0.0271. The number of aliphatic hydroxyl groups excluding tert-OH is 1. The van der Waals surface area contributed by atoms with Gasteiger partial charge >= 0.3 is 0 Å². The molecule has 1 aromatic heterocycles. The molecule has 21 heavy (non-hydrogen) atoms. The van der Waals surface area contributed by atoms with Gasteiger partial charge in [-0.1, -0.05) is 17.7 Å². The Bertz CT molecular complexity index is 728. The number of aromatic nitrogens is 2. The summed E-state index contributed by atoms with van der Waals surface area (Å²) in [5.41, 5.74) is 1.42. The zero-order valence-corrected chi connectivity index (χ0v) is 13.0. The van der Waals surface area contributed by atoms with Gasteiger partial charge < -0.3 is 5.11 Å². The maximum absolute atomic E-state index is 12.2. The second kappa shape index (κ2) is 6.57. The largest absolute Gasteiger partial charge is 0.392 e. The van der Waals surface area contributed by atoms with Gasteiger partial charge in [0.05, 0.1) is 11.6 Å². The van der Waals surface area contributed by atoms with Crippen molar-refractivity contribution in [1.82, 2.24) is 14.5 Å². The van der Waals surface area contributed by atoms with Gasteiger partial charge in [0.2, 0.25) is 10.0 Å². The van der Waals surface area contributed by atoms with Crippen LogP contribution in [0.3, 0.4) is 0 Å². The van der Waals surface area contributed by atoms with Crippen LogP contribution in [-0.2, 0) is 30.1 Å². The van der Waals surface area contributed by atoms with Crippen LogP contribution in [0.15, 0.2) is 35.4 Å². The fraction of sp³-hybridized carbons (Fsp3) is 0.308. The molecule has 6 nitrogen and oxygen atoms in total. The lowest BCUT2D eigenvalue weighted by Crippen LogP contribution is -2.26. The average molecular weight is 330 g/mol. The van der Waals surface area contributed by atoms with Crippen LogP contribution >= 0.6 is 11.6 Å². The first kappa shape index (κ1) is 16.0. The Balaban J connectivity index is 2.10. The van der Waals surface area contributed by atoms with Gasteiger partial charge in [0.1, 0.15) is 4.90 Å². The smallest absolute Gasteiger partial charge is 0.242 e. The molecule has 0 spiro atoms. The second-order valence-electron chi connectivity index (χ2n) is 4.52. The Morgan fingerprint density at radius 1 is 1.38 bits per heavy atom. The maximum atomic E-state index is 12.2. The predicted molar refractivity (Wildman–Crippen MR) is 79.5 cm³/mol. The molecule has 0 radical (unpaired) electrons. The average Bonchev–Trinajstić information content (AvgIpc) is 2.84. The van der Waals surface area contributed by atoms with Crippen LogP contribution in [0.5, 0.6) is 0 Å². The summed E-state index contributed by atoms with van der Waals surface area (Å²) >= 11 is 5.93. The summed E-state index contributed by atoms with van der Waals surface area (Å²) in [6.45, 7) is -0.00371. The number of aryl methyl sites for hydroxylation is 1. The SMILES string of the molecule is Cn1nccc1CCNS(=O)(=O)c1cc(CO)ccc1Cl. The molecule has 0 amide bonds. The molecule has 0 saturated heterocycles. The van der Waals surface area contributed by atoms with Crippen molar-refractivity contribution in [3.05, 3.63) is 46.7 Å². The van der Waals surface area contributed by atoms with Crippen molar-refractivity contribution in [3.8, 4) is 0 Å². The van der Waals surface area contributed by atoms with Crippen molar-refractivity contribution in [2.75, 3.05) is 6.54 Å². The summed E-state index contributed by atoms with van der Waals surface area (Å²) < 4.78 is 28.7. The minimum Gasteiger partial charge on any atom is -0.392 e. The van der Waals surface area contributed by atoms with Gasteiger partial charge in [-0.25, -0.2) is 13.1 Å². The van der Waals surface area contributed by atoms with E-state index in [1.165, 1.54) is 12.1 Å². The molecule has 2 N–H and O–H groups in total.